The zero-order valence-electron chi connectivity index (χ0n) is 11.0. The van der Waals surface area contributed by atoms with Crippen LogP contribution in [0.5, 0.6) is 0 Å². The van der Waals surface area contributed by atoms with E-state index in [1.165, 1.54) is 4.90 Å². The van der Waals surface area contributed by atoms with Crippen LogP contribution in [0.4, 0.5) is 9.57 Å². The lowest BCUT2D eigenvalue weighted by atomic mass is 10.1. The fourth-order valence-corrected chi connectivity index (χ4v) is 3.22. The van der Waals surface area contributed by atoms with E-state index in [1.54, 1.807) is 24.3 Å². The summed E-state index contributed by atoms with van der Waals surface area (Å²) in [6.07, 6.45) is -0.204. The Morgan fingerprint density at radius 3 is 2.76 bits per heavy atom. The monoisotopic (exact) mass is 315 g/mol. The highest BCUT2D eigenvalue weighted by Gasteiger charge is 2.33. The summed E-state index contributed by atoms with van der Waals surface area (Å²) in [7, 11) is -4.62. The van der Waals surface area contributed by atoms with Gasteiger partial charge < -0.3 is 10.0 Å². The van der Waals surface area contributed by atoms with Crippen LogP contribution in [0.3, 0.4) is 0 Å². The second-order valence-electron chi connectivity index (χ2n) is 5.02. The Hall–Kier alpha value is -1.96. The van der Waals surface area contributed by atoms with E-state index in [2.05, 4.69) is 0 Å². The molecule has 8 heteroatoms. The van der Waals surface area contributed by atoms with E-state index < -0.39 is 27.9 Å². The first-order valence-electron chi connectivity index (χ1n) is 6.28. The number of halogens is 1. The molecule has 114 valence electrons. The van der Waals surface area contributed by atoms with Gasteiger partial charge in [0.15, 0.2) is 0 Å². The normalized spacial score (nSPS) is 19.0. The third-order valence-corrected chi connectivity index (χ3v) is 4.09. The molecular weight excluding hydrogens is 301 g/mol. The molecule has 1 aliphatic rings. The van der Waals surface area contributed by atoms with E-state index >= 15 is 0 Å². The molecule has 1 fully saturated rings. The van der Waals surface area contributed by atoms with E-state index in [1.807, 2.05) is 0 Å². The van der Waals surface area contributed by atoms with Crippen LogP contribution in [0.25, 0.3) is 0 Å². The molecule has 0 radical (unpaired) electrons. The predicted octanol–water partition coefficient (Wildman–Crippen LogP) is 0.966. The number of carboxylic acids is 1. The summed E-state index contributed by atoms with van der Waals surface area (Å²) >= 11 is 0. The van der Waals surface area contributed by atoms with E-state index in [0.29, 0.717) is 11.3 Å². The molecule has 0 saturated carbocycles. The zero-order valence-corrected chi connectivity index (χ0v) is 11.8. The smallest absolute Gasteiger partial charge is 0.307 e. The summed E-state index contributed by atoms with van der Waals surface area (Å²) < 4.78 is 34.0. The number of benzene rings is 1. The minimum Gasteiger partial charge on any atom is -0.481 e. The van der Waals surface area contributed by atoms with E-state index in [-0.39, 0.29) is 25.3 Å². The Morgan fingerprint density at radius 2 is 2.14 bits per heavy atom. The lowest BCUT2D eigenvalue weighted by Gasteiger charge is -2.17. The quantitative estimate of drug-likeness (QED) is 0.817. The molecule has 1 N–H and O–H groups in total. The van der Waals surface area contributed by atoms with Crippen molar-refractivity contribution in [3.8, 4) is 0 Å². The molecule has 0 spiro atoms. The van der Waals surface area contributed by atoms with E-state index in [4.69, 9.17) is 5.11 Å². The Morgan fingerprint density at radius 1 is 1.43 bits per heavy atom. The molecule has 1 aliphatic heterocycles. The first-order chi connectivity index (χ1) is 9.74. The van der Waals surface area contributed by atoms with Crippen molar-refractivity contribution in [2.45, 2.75) is 12.8 Å². The van der Waals surface area contributed by atoms with Crippen molar-refractivity contribution in [2.24, 2.45) is 5.92 Å². The Bertz CT molecular complexity index is 673. The SMILES string of the molecule is O=C(O)Cc1cccc(N2CC(CS(=O)(=O)F)CC2=O)c1. The minimum atomic E-state index is -4.62. The molecular formula is C13H14FNO5S. The van der Waals surface area contributed by atoms with Crippen molar-refractivity contribution in [1.82, 2.24) is 0 Å². The lowest BCUT2D eigenvalue weighted by molar-refractivity contribution is -0.136. The molecule has 1 atom stereocenters. The van der Waals surface area contributed by atoms with Crippen LogP contribution >= 0.6 is 0 Å². The van der Waals surface area contributed by atoms with Crippen LogP contribution in [0.1, 0.15) is 12.0 Å². The fourth-order valence-electron chi connectivity index (χ4n) is 2.43. The number of carbonyl (C=O) groups is 2. The van der Waals surface area contributed by atoms with Crippen molar-refractivity contribution in [1.29, 1.82) is 0 Å². The van der Waals surface area contributed by atoms with Crippen molar-refractivity contribution < 1.29 is 27.0 Å². The Balaban J connectivity index is 2.15. The van der Waals surface area contributed by atoms with Crippen LogP contribution in [-0.2, 0) is 26.2 Å². The van der Waals surface area contributed by atoms with Crippen molar-refractivity contribution in [2.75, 3.05) is 17.2 Å². The first-order valence-corrected chi connectivity index (χ1v) is 7.83. The van der Waals surface area contributed by atoms with Gasteiger partial charge in [-0.25, -0.2) is 0 Å². The summed E-state index contributed by atoms with van der Waals surface area (Å²) in [6, 6.07) is 6.45. The van der Waals surface area contributed by atoms with Gasteiger partial charge in [0.2, 0.25) is 5.91 Å². The number of carboxylic acid groups (broad SMARTS) is 1. The number of hydrogen-bond donors (Lipinski definition) is 1. The Labute approximate surface area is 121 Å². The van der Waals surface area contributed by atoms with Crippen molar-refractivity contribution >= 4 is 27.8 Å². The van der Waals surface area contributed by atoms with Crippen LogP contribution in [0.2, 0.25) is 0 Å². The maximum Gasteiger partial charge on any atom is 0.307 e. The number of rotatable bonds is 5. The molecule has 1 saturated heterocycles. The molecule has 6 nitrogen and oxygen atoms in total. The predicted molar refractivity (Wildman–Crippen MR) is 73.1 cm³/mol. The highest BCUT2D eigenvalue weighted by Crippen LogP contribution is 2.27. The number of hydrogen-bond acceptors (Lipinski definition) is 4. The van der Waals surface area contributed by atoms with Gasteiger partial charge in [-0.05, 0) is 17.7 Å². The molecule has 1 heterocycles. The number of aliphatic carboxylic acids is 1. The molecule has 2 rings (SSSR count). The number of amides is 1. The van der Waals surface area contributed by atoms with Gasteiger partial charge >= 0.3 is 16.2 Å². The van der Waals surface area contributed by atoms with Gasteiger partial charge in [0.25, 0.3) is 0 Å². The highest BCUT2D eigenvalue weighted by atomic mass is 32.3. The van der Waals surface area contributed by atoms with E-state index in [0.717, 1.165) is 0 Å². The summed E-state index contributed by atoms with van der Waals surface area (Å²) in [5.74, 6) is -2.54. The number of nitrogens with zero attached hydrogens (tertiary/aromatic N) is 1. The molecule has 1 amide bonds. The van der Waals surface area contributed by atoms with Crippen LogP contribution in [-0.4, -0.2) is 37.7 Å². The largest absolute Gasteiger partial charge is 0.481 e. The van der Waals surface area contributed by atoms with Crippen LogP contribution < -0.4 is 4.90 Å². The zero-order chi connectivity index (χ0) is 15.6. The summed E-state index contributed by atoms with van der Waals surface area (Å²) in [6.45, 7) is 0.110. The minimum absolute atomic E-state index is 0.0354. The van der Waals surface area contributed by atoms with Gasteiger partial charge in [0.05, 0.1) is 12.2 Å². The maximum atomic E-state index is 12.7. The van der Waals surface area contributed by atoms with E-state index in [9.17, 15) is 21.9 Å². The molecule has 1 unspecified atom stereocenters. The average molecular weight is 315 g/mol. The number of carbonyl (C=O) groups excluding carboxylic acids is 1. The van der Waals surface area contributed by atoms with Crippen molar-refractivity contribution in [3.63, 3.8) is 0 Å². The summed E-state index contributed by atoms with van der Waals surface area (Å²) in [5.41, 5.74) is 1.03. The lowest BCUT2D eigenvalue weighted by Crippen LogP contribution is -2.25. The molecule has 0 aliphatic carbocycles. The summed E-state index contributed by atoms with van der Waals surface area (Å²) in [4.78, 5) is 23.9. The fraction of sp³-hybridized carbons (Fsp3) is 0.385. The van der Waals surface area contributed by atoms with Crippen molar-refractivity contribution in [3.05, 3.63) is 29.8 Å². The molecule has 0 bridgehead atoms. The highest BCUT2D eigenvalue weighted by molar-refractivity contribution is 7.86. The van der Waals surface area contributed by atoms with Gasteiger partial charge in [-0.15, -0.1) is 3.89 Å². The molecule has 0 aromatic heterocycles. The number of anilines is 1. The van der Waals surface area contributed by atoms with Crippen LogP contribution in [0, 0.1) is 5.92 Å². The second kappa shape index (κ2) is 5.80. The molecule has 21 heavy (non-hydrogen) atoms. The van der Waals surface area contributed by atoms with Gasteiger partial charge in [0, 0.05) is 24.6 Å². The summed E-state index contributed by atoms with van der Waals surface area (Å²) in [5, 5.41) is 8.76. The van der Waals surface area contributed by atoms with Gasteiger partial charge in [-0.2, -0.15) is 8.42 Å². The van der Waals surface area contributed by atoms with Gasteiger partial charge in [0.1, 0.15) is 0 Å². The third kappa shape index (κ3) is 4.25. The standard InChI is InChI=1S/C13H14FNO5S/c14-21(19,20)8-10-5-12(16)15(7-10)11-3-1-2-9(4-11)6-13(17)18/h1-4,10H,5-8H2,(H,17,18). The topological polar surface area (TPSA) is 91.8 Å². The third-order valence-electron chi connectivity index (χ3n) is 3.22. The van der Waals surface area contributed by atoms with Gasteiger partial charge in [-0.3, -0.25) is 9.59 Å². The average Bonchev–Trinajstić information content (AvgIpc) is 2.67. The van der Waals surface area contributed by atoms with Gasteiger partial charge in [-0.1, -0.05) is 12.1 Å². The maximum absolute atomic E-state index is 12.7. The second-order valence-corrected chi connectivity index (χ2v) is 6.43. The molecule has 1 aromatic carbocycles. The van der Waals surface area contributed by atoms with Crippen LogP contribution in [0.15, 0.2) is 24.3 Å². The molecule has 1 aromatic rings. The first kappa shape index (κ1) is 15.4. The Kier molecular flexibility index (Phi) is 4.26.